The van der Waals surface area contributed by atoms with E-state index in [1.54, 1.807) is 0 Å². The van der Waals surface area contributed by atoms with Gasteiger partial charge in [0.15, 0.2) is 4.34 Å². The van der Waals surface area contributed by atoms with Crippen LogP contribution in [0.2, 0.25) is 0 Å². The third kappa shape index (κ3) is 4.36. The fourth-order valence-corrected chi connectivity index (χ4v) is 5.08. The molecule has 2 aromatic rings. The highest BCUT2D eigenvalue weighted by Crippen LogP contribution is 2.30. The molecule has 26 heavy (non-hydrogen) atoms. The van der Waals surface area contributed by atoms with E-state index in [2.05, 4.69) is 15.5 Å². The van der Waals surface area contributed by atoms with Crippen LogP contribution in [-0.4, -0.2) is 69.8 Å². The predicted octanol–water partition coefficient (Wildman–Crippen LogP) is 2.25. The maximum atomic E-state index is 12.4. The summed E-state index contributed by atoms with van der Waals surface area (Å²) in [5.74, 6) is 0.507. The summed E-state index contributed by atoms with van der Waals surface area (Å²) in [6, 6.07) is 4.28. The number of rotatable bonds is 6. The van der Waals surface area contributed by atoms with E-state index in [1.165, 1.54) is 47.3 Å². The summed E-state index contributed by atoms with van der Waals surface area (Å²) in [5, 5.41) is 14.3. The number of nitrogens with one attached hydrogen (secondary N) is 1. The average Bonchev–Trinajstić information content (AvgIpc) is 3.13. The molecule has 2 fully saturated rings. The van der Waals surface area contributed by atoms with Crippen molar-refractivity contribution in [1.82, 2.24) is 20.0 Å². The number of thiophene rings is 1. The molecular formula is C16H19N5O2S3. The van der Waals surface area contributed by atoms with Gasteiger partial charge < -0.3 is 15.1 Å². The third-order valence-electron chi connectivity index (χ3n) is 4.28. The molecule has 0 aromatic carbocycles. The van der Waals surface area contributed by atoms with E-state index in [9.17, 15) is 9.59 Å². The molecule has 2 aromatic heterocycles. The number of carbonyl (C=O) groups is 2. The first-order valence-electron chi connectivity index (χ1n) is 8.52. The average molecular weight is 410 g/mol. The van der Waals surface area contributed by atoms with Gasteiger partial charge in [-0.1, -0.05) is 29.2 Å². The Balaban J connectivity index is 1.22. The summed E-state index contributed by atoms with van der Waals surface area (Å²) >= 11 is 4.39. The minimum absolute atomic E-state index is 0.0611. The lowest BCUT2D eigenvalue weighted by molar-refractivity contribution is -0.129. The SMILES string of the molecule is O=C(CSc1nnc(NC2CC2)s1)N1CCN(C(=O)c2cccs2)CC1. The number of hydrogen-bond acceptors (Lipinski definition) is 8. The highest BCUT2D eigenvalue weighted by atomic mass is 32.2. The summed E-state index contributed by atoms with van der Waals surface area (Å²) in [5.41, 5.74) is 0. The van der Waals surface area contributed by atoms with Crippen LogP contribution in [0.15, 0.2) is 21.9 Å². The van der Waals surface area contributed by atoms with Crippen LogP contribution in [0.4, 0.5) is 5.13 Å². The van der Waals surface area contributed by atoms with Gasteiger partial charge in [0, 0.05) is 32.2 Å². The van der Waals surface area contributed by atoms with Crippen LogP contribution >= 0.6 is 34.4 Å². The zero-order chi connectivity index (χ0) is 17.9. The van der Waals surface area contributed by atoms with Crippen molar-refractivity contribution in [3.05, 3.63) is 22.4 Å². The molecule has 0 unspecified atom stereocenters. The smallest absolute Gasteiger partial charge is 0.264 e. The molecule has 138 valence electrons. The van der Waals surface area contributed by atoms with E-state index < -0.39 is 0 Å². The van der Waals surface area contributed by atoms with Crippen LogP contribution in [0.1, 0.15) is 22.5 Å². The number of anilines is 1. The van der Waals surface area contributed by atoms with E-state index >= 15 is 0 Å². The van der Waals surface area contributed by atoms with Crippen molar-refractivity contribution in [2.75, 3.05) is 37.2 Å². The predicted molar refractivity (Wildman–Crippen MR) is 104 cm³/mol. The van der Waals surface area contributed by atoms with Gasteiger partial charge in [0.2, 0.25) is 11.0 Å². The van der Waals surface area contributed by atoms with Crippen molar-refractivity contribution < 1.29 is 9.59 Å². The molecule has 1 saturated carbocycles. The van der Waals surface area contributed by atoms with Crippen LogP contribution in [0, 0.1) is 0 Å². The lowest BCUT2D eigenvalue weighted by Gasteiger charge is -2.34. The van der Waals surface area contributed by atoms with Crippen molar-refractivity contribution in [2.24, 2.45) is 0 Å². The van der Waals surface area contributed by atoms with Crippen LogP contribution in [0.3, 0.4) is 0 Å². The van der Waals surface area contributed by atoms with Gasteiger partial charge in [-0.25, -0.2) is 0 Å². The minimum atomic E-state index is 0.0611. The van der Waals surface area contributed by atoms with Gasteiger partial charge >= 0.3 is 0 Å². The topological polar surface area (TPSA) is 78.4 Å². The lowest BCUT2D eigenvalue weighted by Crippen LogP contribution is -2.50. The summed E-state index contributed by atoms with van der Waals surface area (Å²) < 4.78 is 0.813. The Hall–Kier alpha value is -1.65. The zero-order valence-corrected chi connectivity index (χ0v) is 16.5. The molecule has 3 heterocycles. The van der Waals surface area contributed by atoms with Gasteiger partial charge in [0.25, 0.3) is 5.91 Å². The Morgan fingerprint density at radius 1 is 1.19 bits per heavy atom. The summed E-state index contributed by atoms with van der Waals surface area (Å²) in [7, 11) is 0. The maximum absolute atomic E-state index is 12.4. The van der Waals surface area contributed by atoms with Crippen LogP contribution in [0.25, 0.3) is 0 Å². The van der Waals surface area contributed by atoms with Crippen molar-refractivity contribution >= 4 is 51.4 Å². The number of carbonyl (C=O) groups excluding carboxylic acids is 2. The molecule has 1 saturated heterocycles. The highest BCUT2D eigenvalue weighted by molar-refractivity contribution is 8.01. The summed E-state index contributed by atoms with van der Waals surface area (Å²) in [4.78, 5) is 29.2. The first-order chi connectivity index (χ1) is 12.7. The Morgan fingerprint density at radius 2 is 1.96 bits per heavy atom. The molecule has 1 aliphatic carbocycles. The van der Waals surface area contributed by atoms with E-state index in [0.717, 1.165) is 14.3 Å². The van der Waals surface area contributed by atoms with Crippen molar-refractivity contribution in [1.29, 1.82) is 0 Å². The molecule has 2 amide bonds. The van der Waals surface area contributed by atoms with Crippen molar-refractivity contribution in [2.45, 2.75) is 23.2 Å². The monoisotopic (exact) mass is 409 g/mol. The second-order valence-corrected chi connectivity index (χ2v) is 9.38. The first kappa shape index (κ1) is 17.7. The van der Waals surface area contributed by atoms with Crippen LogP contribution in [-0.2, 0) is 4.79 Å². The van der Waals surface area contributed by atoms with E-state index in [4.69, 9.17) is 0 Å². The first-order valence-corrected chi connectivity index (χ1v) is 11.2. The van der Waals surface area contributed by atoms with E-state index in [-0.39, 0.29) is 11.8 Å². The van der Waals surface area contributed by atoms with Crippen LogP contribution in [0.5, 0.6) is 0 Å². The van der Waals surface area contributed by atoms with Crippen molar-refractivity contribution in [3.63, 3.8) is 0 Å². The number of amides is 2. The fourth-order valence-electron chi connectivity index (χ4n) is 2.66. The largest absolute Gasteiger partial charge is 0.357 e. The van der Waals surface area contributed by atoms with Gasteiger partial charge in [-0.15, -0.1) is 21.5 Å². The second kappa shape index (κ2) is 7.93. The lowest BCUT2D eigenvalue weighted by atomic mass is 10.3. The number of hydrogen-bond donors (Lipinski definition) is 1. The Bertz CT molecular complexity index is 767. The minimum Gasteiger partial charge on any atom is -0.357 e. The summed E-state index contributed by atoms with van der Waals surface area (Å²) in [6.45, 7) is 2.34. The molecule has 0 radical (unpaired) electrons. The van der Waals surface area contributed by atoms with Gasteiger partial charge in [0.05, 0.1) is 10.6 Å². The Kier molecular flexibility index (Phi) is 5.41. The van der Waals surface area contributed by atoms with Crippen molar-refractivity contribution in [3.8, 4) is 0 Å². The molecule has 10 heteroatoms. The fraction of sp³-hybridized carbons (Fsp3) is 0.500. The van der Waals surface area contributed by atoms with Gasteiger partial charge in [-0.2, -0.15) is 0 Å². The number of aromatic nitrogens is 2. The quantitative estimate of drug-likeness (QED) is 0.738. The molecule has 0 spiro atoms. The second-order valence-electron chi connectivity index (χ2n) is 6.23. The maximum Gasteiger partial charge on any atom is 0.264 e. The summed E-state index contributed by atoms with van der Waals surface area (Å²) in [6.07, 6.45) is 2.39. The highest BCUT2D eigenvalue weighted by Gasteiger charge is 2.26. The standard InChI is InChI=1S/C16H19N5O2S3/c22-13(10-25-16-19-18-15(26-16)17-11-3-4-11)20-5-7-21(8-6-20)14(23)12-2-1-9-24-12/h1-2,9,11H,3-8,10H2,(H,17,18). The van der Waals surface area contributed by atoms with Gasteiger partial charge in [0.1, 0.15) is 0 Å². The molecule has 0 bridgehead atoms. The molecule has 2 aliphatic rings. The molecule has 7 nitrogen and oxygen atoms in total. The van der Waals surface area contributed by atoms with E-state index in [0.29, 0.717) is 38.0 Å². The van der Waals surface area contributed by atoms with Gasteiger partial charge in [-0.3, -0.25) is 9.59 Å². The normalized spacial score (nSPS) is 17.4. The Labute approximate surface area is 163 Å². The molecule has 1 aliphatic heterocycles. The third-order valence-corrected chi connectivity index (χ3v) is 7.11. The molecular weight excluding hydrogens is 390 g/mol. The Morgan fingerprint density at radius 3 is 2.65 bits per heavy atom. The zero-order valence-electron chi connectivity index (χ0n) is 14.1. The van der Waals surface area contributed by atoms with Gasteiger partial charge in [-0.05, 0) is 24.3 Å². The van der Waals surface area contributed by atoms with E-state index in [1.807, 2.05) is 27.3 Å². The molecule has 4 rings (SSSR count). The number of thioether (sulfide) groups is 1. The molecule has 0 atom stereocenters. The number of nitrogens with zero attached hydrogens (tertiary/aromatic N) is 4. The molecule has 1 N–H and O–H groups in total. The number of piperazine rings is 1. The van der Waals surface area contributed by atoms with Crippen LogP contribution < -0.4 is 5.32 Å².